The van der Waals surface area contributed by atoms with E-state index in [0.717, 1.165) is 33.9 Å². The molecule has 9 heteroatoms. The predicted octanol–water partition coefficient (Wildman–Crippen LogP) is 4.86. The van der Waals surface area contributed by atoms with E-state index >= 15 is 0 Å². The van der Waals surface area contributed by atoms with Crippen molar-refractivity contribution in [2.75, 3.05) is 6.61 Å². The highest BCUT2D eigenvalue weighted by atomic mass is 79.9. The second-order valence-corrected chi connectivity index (χ2v) is 10.1. The van der Waals surface area contributed by atoms with Gasteiger partial charge in [-0.3, -0.25) is 9.88 Å². The monoisotopic (exact) mass is 509 g/mol. The van der Waals surface area contributed by atoms with E-state index in [1.165, 1.54) is 0 Å². The molecule has 2 aliphatic heterocycles. The number of aromatic nitrogens is 1. The van der Waals surface area contributed by atoms with Gasteiger partial charge in [-0.05, 0) is 73.0 Å². The van der Waals surface area contributed by atoms with E-state index in [4.69, 9.17) is 9.47 Å². The molecule has 2 aliphatic rings. The van der Waals surface area contributed by atoms with E-state index in [0.29, 0.717) is 26.1 Å². The van der Waals surface area contributed by atoms with Crippen molar-refractivity contribution in [1.29, 1.82) is 0 Å². The van der Waals surface area contributed by atoms with Crippen LogP contribution in [0.2, 0.25) is 0 Å². The fourth-order valence-electron chi connectivity index (χ4n) is 4.22. The Morgan fingerprint density at radius 1 is 1.28 bits per heavy atom. The lowest BCUT2D eigenvalue weighted by Crippen LogP contribution is -2.52. The summed E-state index contributed by atoms with van der Waals surface area (Å²) in [4.78, 5) is 19.2. The molecule has 0 aliphatic carbocycles. The minimum atomic E-state index is -0.827. The number of carbonyl (C=O) groups excluding carboxylic acids is 1. The lowest BCUT2D eigenvalue weighted by Gasteiger charge is -2.40. The van der Waals surface area contributed by atoms with Crippen LogP contribution >= 0.6 is 15.9 Å². The van der Waals surface area contributed by atoms with Crippen LogP contribution in [-0.2, 0) is 22.6 Å². The van der Waals surface area contributed by atoms with Gasteiger partial charge < -0.3 is 14.8 Å². The predicted molar refractivity (Wildman–Crippen MR) is 118 cm³/mol. The van der Waals surface area contributed by atoms with Crippen LogP contribution in [0.4, 0.5) is 13.6 Å². The summed E-state index contributed by atoms with van der Waals surface area (Å²) in [5, 5.41) is 2.83. The number of carbonyl (C=O) groups is 1. The summed E-state index contributed by atoms with van der Waals surface area (Å²) in [5.41, 5.74) is 1.53. The molecule has 0 saturated carbocycles. The Bertz CT molecular complexity index is 1010. The fourth-order valence-corrected chi connectivity index (χ4v) is 4.60. The second kappa shape index (κ2) is 9.03. The highest BCUT2D eigenvalue weighted by molar-refractivity contribution is 9.10. The molecule has 1 aromatic carbocycles. The Morgan fingerprint density at radius 2 is 2.06 bits per heavy atom. The van der Waals surface area contributed by atoms with Gasteiger partial charge in [0.2, 0.25) is 0 Å². The average Bonchev–Trinajstić information content (AvgIpc) is 3.11. The number of hydrogen-bond donors (Lipinski definition) is 1. The molecule has 6 nitrogen and oxygen atoms in total. The molecular weight excluding hydrogens is 484 g/mol. The summed E-state index contributed by atoms with van der Waals surface area (Å²) in [5.74, 6) is -1.14. The van der Waals surface area contributed by atoms with Crippen LogP contribution in [-0.4, -0.2) is 40.3 Å². The zero-order chi connectivity index (χ0) is 23.0. The van der Waals surface area contributed by atoms with Crippen LogP contribution in [0.1, 0.15) is 50.1 Å². The summed E-state index contributed by atoms with van der Waals surface area (Å²) in [6.45, 7) is 6.99. The number of alkyl carbamates (subject to hydrolysis) is 1. The Balaban J connectivity index is 1.54. The van der Waals surface area contributed by atoms with E-state index < -0.39 is 35.5 Å². The summed E-state index contributed by atoms with van der Waals surface area (Å²) in [6.07, 6.45) is 0.820. The van der Waals surface area contributed by atoms with Crippen LogP contribution in [0.15, 0.2) is 34.9 Å². The van der Waals surface area contributed by atoms with E-state index in [1.807, 2.05) is 6.07 Å². The zero-order valence-electron chi connectivity index (χ0n) is 18.2. The molecule has 1 unspecified atom stereocenters. The van der Waals surface area contributed by atoms with Gasteiger partial charge in [0.05, 0.1) is 18.3 Å². The molecule has 0 radical (unpaired) electrons. The van der Waals surface area contributed by atoms with Crippen molar-refractivity contribution < 1.29 is 23.0 Å². The average molecular weight is 510 g/mol. The minimum absolute atomic E-state index is 0.0317. The molecular formula is C23H26BrF2N3O3. The van der Waals surface area contributed by atoms with Crippen LogP contribution in [0.25, 0.3) is 0 Å². The van der Waals surface area contributed by atoms with Crippen molar-refractivity contribution in [3.63, 3.8) is 0 Å². The SMILES string of the molecule is CC(C)(C)OC(=O)NC1C[C@@H](N2Cc3cc(Br)cnc3C2)CO[C@@H]1c1cc(F)ccc1F. The molecule has 1 amide bonds. The highest BCUT2D eigenvalue weighted by Gasteiger charge is 2.39. The van der Waals surface area contributed by atoms with E-state index in [-0.39, 0.29) is 11.6 Å². The molecule has 0 bridgehead atoms. The molecule has 1 aromatic heterocycles. The maximum Gasteiger partial charge on any atom is 0.407 e. The Labute approximate surface area is 194 Å². The Kier molecular flexibility index (Phi) is 6.51. The third kappa shape index (κ3) is 5.27. The first-order valence-corrected chi connectivity index (χ1v) is 11.3. The molecule has 0 spiro atoms. The first kappa shape index (κ1) is 23.1. The van der Waals surface area contributed by atoms with E-state index in [1.54, 1.807) is 27.0 Å². The molecule has 2 aromatic rings. The molecule has 1 saturated heterocycles. The maximum absolute atomic E-state index is 14.5. The third-order valence-corrected chi connectivity index (χ3v) is 6.03. The molecule has 1 fully saturated rings. The molecule has 3 heterocycles. The van der Waals surface area contributed by atoms with Gasteiger partial charge in [-0.2, -0.15) is 0 Å². The van der Waals surface area contributed by atoms with Crippen molar-refractivity contribution in [2.45, 2.75) is 64.1 Å². The van der Waals surface area contributed by atoms with Gasteiger partial charge in [-0.1, -0.05) is 0 Å². The Morgan fingerprint density at radius 3 is 2.81 bits per heavy atom. The molecule has 32 heavy (non-hydrogen) atoms. The van der Waals surface area contributed by atoms with Gasteiger partial charge in [-0.15, -0.1) is 0 Å². The van der Waals surface area contributed by atoms with Gasteiger partial charge in [-0.25, -0.2) is 13.6 Å². The lowest BCUT2D eigenvalue weighted by molar-refractivity contribution is -0.0628. The smallest absolute Gasteiger partial charge is 0.407 e. The van der Waals surface area contributed by atoms with Crippen molar-refractivity contribution in [1.82, 2.24) is 15.2 Å². The minimum Gasteiger partial charge on any atom is -0.444 e. The fraction of sp³-hybridized carbons (Fsp3) is 0.478. The van der Waals surface area contributed by atoms with Crippen LogP contribution in [0, 0.1) is 11.6 Å². The first-order valence-electron chi connectivity index (χ1n) is 10.5. The number of amides is 1. The van der Waals surface area contributed by atoms with Crippen molar-refractivity contribution in [2.24, 2.45) is 0 Å². The van der Waals surface area contributed by atoms with Gasteiger partial charge >= 0.3 is 6.09 Å². The standard InChI is InChI=1S/C23H26BrF2N3O3/c1-23(2,3)32-22(30)28-19-8-16(29-10-13-6-14(24)9-27-20(13)11-29)12-31-21(19)17-7-15(25)4-5-18(17)26/h4-7,9,16,19,21H,8,10-12H2,1-3H3,(H,28,30)/t16-,19?,21-/m1/s1. The van der Waals surface area contributed by atoms with E-state index in [9.17, 15) is 13.6 Å². The normalized spacial score (nSPS) is 23.6. The van der Waals surface area contributed by atoms with Gasteiger partial charge in [0, 0.05) is 35.4 Å². The van der Waals surface area contributed by atoms with Crippen molar-refractivity contribution in [3.8, 4) is 0 Å². The number of fused-ring (bicyclic) bond motifs is 1. The number of benzene rings is 1. The first-order chi connectivity index (χ1) is 15.1. The van der Waals surface area contributed by atoms with Crippen LogP contribution in [0.5, 0.6) is 0 Å². The summed E-state index contributed by atoms with van der Waals surface area (Å²) < 4.78 is 40.8. The largest absolute Gasteiger partial charge is 0.444 e. The lowest BCUT2D eigenvalue weighted by atomic mass is 9.92. The summed E-state index contributed by atoms with van der Waals surface area (Å²) >= 11 is 3.45. The van der Waals surface area contributed by atoms with Gasteiger partial charge in [0.25, 0.3) is 0 Å². The van der Waals surface area contributed by atoms with Crippen molar-refractivity contribution in [3.05, 3.63) is 63.4 Å². The molecule has 172 valence electrons. The second-order valence-electron chi connectivity index (χ2n) is 9.23. The molecule has 3 atom stereocenters. The highest BCUT2D eigenvalue weighted by Crippen LogP contribution is 2.35. The number of nitrogens with one attached hydrogen (secondary N) is 1. The van der Waals surface area contributed by atoms with Crippen molar-refractivity contribution >= 4 is 22.0 Å². The third-order valence-electron chi connectivity index (χ3n) is 5.60. The number of hydrogen-bond acceptors (Lipinski definition) is 5. The zero-order valence-corrected chi connectivity index (χ0v) is 19.8. The number of rotatable bonds is 3. The topological polar surface area (TPSA) is 63.7 Å². The number of pyridine rings is 1. The van der Waals surface area contributed by atoms with Gasteiger partial charge in [0.15, 0.2) is 0 Å². The summed E-state index contributed by atoms with van der Waals surface area (Å²) in [6, 6.07) is 4.68. The van der Waals surface area contributed by atoms with Crippen LogP contribution < -0.4 is 5.32 Å². The summed E-state index contributed by atoms with van der Waals surface area (Å²) in [7, 11) is 0. The maximum atomic E-state index is 14.5. The number of ether oxygens (including phenoxy) is 2. The van der Waals surface area contributed by atoms with Crippen LogP contribution in [0.3, 0.4) is 0 Å². The van der Waals surface area contributed by atoms with Gasteiger partial charge in [0.1, 0.15) is 23.3 Å². The quantitative estimate of drug-likeness (QED) is 0.639. The molecule has 4 rings (SSSR count). The number of halogens is 3. The number of nitrogens with zero attached hydrogens (tertiary/aromatic N) is 2. The molecule has 1 N–H and O–H groups in total. The van der Waals surface area contributed by atoms with E-state index in [2.05, 4.69) is 31.1 Å². The Hall–Kier alpha value is -2.10.